The first-order valence-electron chi connectivity index (χ1n) is 9.90. The van der Waals surface area contributed by atoms with Crippen LogP contribution in [0, 0.1) is 5.92 Å². The van der Waals surface area contributed by atoms with Crippen LogP contribution in [-0.4, -0.2) is 40.1 Å². The number of anilines is 2. The second kappa shape index (κ2) is 10.2. The highest BCUT2D eigenvalue weighted by atomic mass is 32.1. The van der Waals surface area contributed by atoms with Crippen molar-refractivity contribution in [1.82, 2.24) is 15.1 Å². The number of urea groups is 1. The average Bonchev–Trinajstić information content (AvgIpc) is 3.16. The van der Waals surface area contributed by atoms with Gasteiger partial charge in [0, 0.05) is 31.1 Å². The number of carbonyl (C=O) groups excluding carboxylic acids is 2. The Morgan fingerprint density at radius 3 is 2.57 bits per heavy atom. The Hall–Kier alpha value is -2.48. The third-order valence-corrected chi connectivity index (χ3v) is 5.77. The predicted molar refractivity (Wildman–Crippen MR) is 112 cm³/mol. The summed E-state index contributed by atoms with van der Waals surface area (Å²) in [5, 5.41) is 15.6. The lowest BCUT2D eigenvalue weighted by Gasteiger charge is -2.31. The number of aromatic nitrogens is 2. The minimum Gasteiger partial charge on any atom is -0.324 e. The molecule has 3 rings (SSSR count). The second-order valence-electron chi connectivity index (χ2n) is 7.00. The van der Waals surface area contributed by atoms with E-state index in [2.05, 4.69) is 27.8 Å². The highest BCUT2D eigenvalue weighted by Crippen LogP contribution is 2.22. The summed E-state index contributed by atoms with van der Waals surface area (Å²) < 4.78 is 0. The van der Waals surface area contributed by atoms with Gasteiger partial charge in [-0.3, -0.25) is 4.79 Å². The summed E-state index contributed by atoms with van der Waals surface area (Å²) in [6.45, 7) is 3.30. The van der Waals surface area contributed by atoms with Gasteiger partial charge in [-0.15, -0.1) is 10.2 Å². The van der Waals surface area contributed by atoms with E-state index in [0.717, 1.165) is 23.5 Å². The number of nitrogens with zero attached hydrogens (tertiary/aromatic N) is 3. The molecule has 0 atom stereocenters. The van der Waals surface area contributed by atoms with E-state index in [1.807, 2.05) is 30.3 Å². The molecule has 0 saturated carbocycles. The van der Waals surface area contributed by atoms with Crippen molar-refractivity contribution in [2.75, 3.05) is 23.7 Å². The van der Waals surface area contributed by atoms with Crippen molar-refractivity contribution >= 4 is 34.1 Å². The summed E-state index contributed by atoms with van der Waals surface area (Å²) in [5.41, 5.74) is 0.776. The van der Waals surface area contributed by atoms with Gasteiger partial charge in [0.2, 0.25) is 11.0 Å². The topological polar surface area (TPSA) is 87.2 Å². The van der Waals surface area contributed by atoms with Crippen LogP contribution in [0.15, 0.2) is 30.3 Å². The number of rotatable bonds is 7. The van der Waals surface area contributed by atoms with Crippen molar-refractivity contribution < 1.29 is 9.59 Å². The molecule has 150 valence electrons. The van der Waals surface area contributed by atoms with Gasteiger partial charge in [0.1, 0.15) is 5.01 Å². The Bertz CT molecular complexity index is 772. The minimum absolute atomic E-state index is 0.0284. The molecule has 1 aliphatic heterocycles. The molecule has 0 spiro atoms. The summed E-state index contributed by atoms with van der Waals surface area (Å²) >= 11 is 1.45. The fourth-order valence-corrected chi connectivity index (χ4v) is 3.99. The van der Waals surface area contributed by atoms with Crippen molar-refractivity contribution in [3.8, 4) is 0 Å². The quantitative estimate of drug-likeness (QED) is 0.682. The van der Waals surface area contributed by atoms with Crippen molar-refractivity contribution in [3.63, 3.8) is 0 Å². The van der Waals surface area contributed by atoms with Gasteiger partial charge < -0.3 is 15.5 Å². The number of benzene rings is 1. The lowest BCUT2D eigenvalue weighted by atomic mass is 9.96. The van der Waals surface area contributed by atoms with Crippen LogP contribution in [0.25, 0.3) is 0 Å². The van der Waals surface area contributed by atoms with Gasteiger partial charge in [0.05, 0.1) is 0 Å². The molecular weight excluding hydrogens is 374 g/mol. The second-order valence-corrected chi connectivity index (χ2v) is 8.07. The van der Waals surface area contributed by atoms with E-state index >= 15 is 0 Å². The normalized spacial score (nSPS) is 14.7. The van der Waals surface area contributed by atoms with E-state index in [0.29, 0.717) is 31.1 Å². The van der Waals surface area contributed by atoms with E-state index in [1.54, 1.807) is 4.90 Å². The smallest absolute Gasteiger partial charge is 0.321 e. The first-order chi connectivity index (χ1) is 13.7. The summed E-state index contributed by atoms with van der Waals surface area (Å²) in [5.74, 6) is -0.132. The van der Waals surface area contributed by atoms with E-state index in [4.69, 9.17) is 0 Å². The van der Waals surface area contributed by atoms with E-state index < -0.39 is 0 Å². The minimum atomic E-state index is -0.120. The van der Waals surface area contributed by atoms with Crippen molar-refractivity contribution in [1.29, 1.82) is 0 Å². The van der Waals surface area contributed by atoms with Crippen LogP contribution >= 0.6 is 11.3 Å². The molecule has 0 aliphatic carbocycles. The Balaban J connectivity index is 1.43. The lowest BCUT2D eigenvalue weighted by molar-refractivity contribution is -0.121. The molecule has 1 aromatic carbocycles. The number of amides is 3. The molecule has 1 fully saturated rings. The highest BCUT2D eigenvalue weighted by Gasteiger charge is 2.28. The maximum Gasteiger partial charge on any atom is 0.321 e. The zero-order valence-corrected chi connectivity index (χ0v) is 17.0. The van der Waals surface area contributed by atoms with Crippen LogP contribution < -0.4 is 10.6 Å². The molecule has 3 amide bonds. The standard InChI is InChI=1S/C20H27N5O2S/c1-2-3-5-10-17-23-24-19(28-17)22-18(26)15-11-13-25(14-12-15)20(27)21-16-8-6-4-7-9-16/h4,6-9,15H,2-3,5,10-14H2,1H3,(H,21,27)(H,22,24,26). The molecule has 1 saturated heterocycles. The number of unbranched alkanes of at least 4 members (excludes halogenated alkanes) is 2. The van der Waals surface area contributed by atoms with Gasteiger partial charge >= 0.3 is 6.03 Å². The molecule has 2 aromatic rings. The monoisotopic (exact) mass is 401 g/mol. The molecule has 7 nitrogen and oxygen atoms in total. The molecular formula is C20H27N5O2S. The van der Waals surface area contributed by atoms with Crippen LogP contribution in [-0.2, 0) is 11.2 Å². The number of hydrogen-bond donors (Lipinski definition) is 2. The van der Waals surface area contributed by atoms with E-state index in [9.17, 15) is 9.59 Å². The number of piperidine rings is 1. The zero-order chi connectivity index (χ0) is 19.8. The molecule has 28 heavy (non-hydrogen) atoms. The molecule has 0 bridgehead atoms. The summed E-state index contributed by atoms with van der Waals surface area (Å²) in [6.07, 6.45) is 5.66. The Morgan fingerprint density at radius 1 is 1.11 bits per heavy atom. The van der Waals surface area contributed by atoms with Gasteiger partial charge in [-0.25, -0.2) is 4.79 Å². The predicted octanol–water partition coefficient (Wildman–Crippen LogP) is 4.15. The van der Waals surface area contributed by atoms with Gasteiger partial charge in [-0.1, -0.05) is 49.3 Å². The largest absolute Gasteiger partial charge is 0.324 e. The molecule has 1 aromatic heterocycles. The number of para-hydroxylation sites is 1. The molecule has 0 unspecified atom stereocenters. The number of likely N-dealkylation sites (tertiary alicyclic amines) is 1. The van der Waals surface area contributed by atoms with Crippen LogP contribution in [0.2, 0.25) is 0 Å². The molecule has 1 aliphatic rings. The van der Waals surface area contributed by atoms with Crippen molar-refractivity contribution in [3.05, 3.63) is 35.3 Å². The Kier molecular flexibility index (Phi) is 7.36. The summed E-state index contributed by atoms with van der Waals surface area (Å²) in [7, 11) is 0. The van der Waals surface area contributed by atoms with E-state index in [1.165, 1.54) is 24.2 Å². The van der Waals surface area contributed by atoms with Gasteiger partial charge in [0.15, 0.2) is 0 Å². The average molecular weight is 402 g/mol. The van der Waals surface area contributed by atoms with Crippen LogP contribution in [0.4, 0.5) is 15.6 Å². The third kappa shape index (κ3) is 5.76. The first-order valence-corrected chi connectivity index (χ1v) is 10.7. The first kappa shape index (κ1) is 20.3. The molecule has 2 heterocycles. The van der Waals surface area contributed by atoms with E-state index in [-0.39, 0.29) is 17.9 Å². The van der Waals surface area contributed by atoms with Crippen molar-refractivity contribution in [2.24, 2.45) is 5.92 Å². The fraction of sp³-hybridized carbons (Fsp3) is 0.500. The fourth-order valence-electron chi connectivity index (χ4n) is 3.21. The van der Waals surface area contributed by atoms with Gasteiger partial charge in [0.25, 0.3) is 0 Å². The Labute approximate surface area is 169 Å². The lowest BCUT2D eigenvalue weighted by Crippen LogP contribution is -2.43. The van der Waals surface area contributed by atoms with Crippen LogP contribution in [0.3, 0.4) is 0 Å². The number of hydrogen-bond acceptors (Lipinski definition) is 5. The Morgan fingerprint density at radius 2 is 1.86 bits per heavy atom. The maximum absolute atomic E-state index is 12.5. The van der Waals surface area contributed by atoms with Crippen LogP contribution in [0.5, 0.6) is 0 Å². The highest BCUT2D eigenvalue weighted by molar-refractivity contribution is 7.15. The van der Waals surface area contributed by atoms with Gasteiger partial charge in [-0.2, -0.15) is 0 Å². The number of aryl methyl sites for hydroxylation is 1. The summed E-state index contributed by atoms with van der Waals surface area (Å²) in [6, 6.07) is 9.27. The number of nitrogens with one attached hydrogen (secondary N) is 2. The molecule has 8 heteroatoms. The van der Waals surface area contributed by atoms with Crippen LogP contribution in [0.1, 0.15) is 44.0 Å². The molecule has 2 N–H and O–H groups in total. The third-order valence-electron chi connectivity index (χ3n) is 4.87. The maximum atomic E-state index is 12.5. The summed E-state index contributed by atoms with van der Waals surface area (Å²) in [4.78, 5) is 26.6. The van der Waals surface area contributed by atoms with Gasteiger partial charge in [-0.05, 0) is 31.4 Å². The zero-order valence-electron chi connectivity index (χ0n) is 16.2. The SMILES string of the molecule is CCCCCc1nnc(NC(=O)C2CCN(C(=O)Nc3ccccc3)CC2)s1. The molecule has 0 radical (unpaired) electrons. The van der Waals surface area contributed by atoms with Crippen molar-refractivity contribution in [2.45, 2.75) is 45.4 Å². The number of carbonyl (C=O) groups is 2.